The maximum Gasteiger partial charge on any atom is 0.138 e. The largest absolute Gasteiger partial charge is 0.489 e. The second-order valence-corrected chi connectivity index (χ2v) is 4.80. The molecule has 5 heteroatoms. The third-order valence-electron chi connectivity index (χ3n) is 2.68. The number of nitrogens with one attached hydrogen (secondary N) is 1. The predicted molar refractivity (Wildman–Crippen MR) is 79.1 cm³/mol. The molecular weight excluding hydrogens is 256 g/mol. The highest BCUT2D eigenvalue weighted by molar-refractivity contribution is 5.26. The van der Waals surface area contributed by atoms with Gasteiger partial charge in [0.25, 0.3) is 0 Å². The summed E-state index contributed by atoms with van der Waals surface area (Å²) in [5, 5.41) is 3.39. The van der Waals surface area contributed by atoms with Crippen molar-refractivity contribution in [3.05, 3.63) is 24.0 Å². The van der Waals surface area contributed by atoms with Crippen molar-refractivity contribution in [2.75, 3.05) is 33.5 Å². The van der Waals surface area contributed by atoms with E-state index < -0.39 is 0 Å². The third kappa shape index (κ3) is 6.32. The minimum atomic E-state index is 0.111. The quantitative estimate of drug-likeness (QED) is 0.667. The van der Waals surface area contributed by atoms with Crippen molar-refractivity contribution in [1.29, 1.82) is 0 Å². The average Bonchev–Trinajstić information content (AvgIpc) is 2.42. The molecule has 1 heterocycles. The van der Waals surface area contributed by atoms with Crippen molar-refractivity contribution < 1.29 is 14.2 Å². The Balaban J connectivity index is 2.64. The van der Waals surface area contributed by atoms with E-state index in [1.54, 1.807) is 13.3 Å². The van der Waals surface area contributed by atoms with Gasteiger partial charge in [0.1, 0.15) is 5.75 Å². The third-order valence-corrected chi connectivity index (χ3v) is 2.68. The van der Waals surface area contributed by atoms with Gasteiger partial charge < -0.3 is 19.5 Å². The summed E-state index contributed by atoms with van der Waals surface area (Å²) in [6, 6.07) is 2.13. The van der Waals surface area contributed by atoms with Crippen LogP contribution in [0, 0.1) is 0 Å². The van der Waals surface area contributed by atoms with Gasteiger partial charge in [-0.05, 0) is 32.0 Å². The summed E-state index contributed by atoms with van der Waals surface area (Å²) < 4.78 is 16.3. The lowest BCUT2D eigenvalue weighted by Crippen LogP contribution is -2.26. The number of hydrogen-bond acceptors (Lipinski definition) is 5. The summed E-state index contributed by atoms with van der Waals surface area (Å²) >= 11 is 0. The molecule has 0 aromatic carbocycles. The van der Waals surface area contributed by atoms with Crippen LogP contribution in [0.25, 0.3) is 0 Å². The van der Waals surface area contributed by atoms with E-state index in [0.717, 1.165) is 17.9 Å². The molecule has 1 N–H and O–H groups in total. The van der Waals surface area contributed by atoms with Crippen LogP contribution in [-0.2, 0) is 9.47 Å². The monoisotopic (exact) mass is 282 g/mol. The van der Waals surface area contributed by atoms with Crippen molar-refractivity contribution >= 4 is 0 Å². The Morgan fingerprint density at radius 2 is 2.05 bits per heavy atom. The second-order valence-electron chi connectivity index (χ2n) is 4.80. The average molecular weight is 282 g/mol. The van der Waals surface area contributed by atoms with Crippen LogP contribution in [0.15, 0.2) is 18.5 Å². The lowest BCUT2D eigenvalue weighted by atomic mass is 10.1. The van der Waals surface area contributed by atoms with Crippen LogP contribution in [0.3, 0.4) is 0 Å². The van der Waals surface area contributed by atoms with Crippen molar-refractivity contribution in [3.8, 4) is 5.75 Å². The van der Waals surface area contributed by atoms with E-state index in [4.69, 9.17) is 14.2 Å². The molecule has 0 saturated carbocycles. The van der Waals surface area contributed by atoms with Crippen molar-refractivity contribution in [1.82, 2.24) is 10.3 Å². The molecule has 0 amide bonds. The van der Waals surface area contributed by atoms with E-state index in [0.29, 0.717) is 19.8 Å². The normalized spacial score (nSPS) is 12.7. The molecule has 1 atom stereocenters. The standard InChI is InChI=1S/C15H26N2O3/c1-5-17-15(11-19-7-6-18-4)13-8-14(10-16-9-13)20-12(2)3/h8-10,12,15,17H,5-7,11H2,1-4H3. The van der Waals surface area contributed by atoms with E-state index in [-0.39, 0.29) is 12.1 Å². The highest BCUT2D eigenvalue weighted by Crippen LogP contribution is 2.19. The van der Waals surface area contributed by atoms with Crippen molar-refractivity contribution in [3.63, 3.8) is 0 Å². The van der Waals surface area contributed by atoms with Crippen molar-refractivity contribution in [2.45, 2.75) is 32.9 Å². The van der Waals surface area contributed by atoms with Gasteiger partial charge in [-0.25, -0.2) is 0 Å². The summed E-state index contributed by atoms with van der Waals surface area (Å²) in [5.41, 5.74) is 1.07. The van der Waals surface area contributed by atoms with Crippen LogP contribution in [0.2, 0.25) is 0 Å². The van der Waals surface area contributed by atoms with Gasteiger partial charge >= 0.3 is 0 Å². The Bertz CT molecular complexity index is 372. The van der Waals surface area contributed by atoms with E-state index in [2.05, 4.69) is 17.2 Å². The summed E-state index contributed by atoms with van der Waals surface area (Å²) in [7, 11) is 1.67. The van der Waals surface area contributed by atoms with Gasteiger partial charge in [-0.3, -0.25) is 4.98 Å². The lowest BCUT2D eigenvalue weighted by Gasteiger charge is -2.19. The van der Waals surface area contributed by atoms with Gasteiger partial charge in [0, 0.05) is 13.3 Å². The molecule has 20 heavy (non-hydrogen) atoms. The van der Waals surface area contributed by atoms with Crippen LogP contribution in [-0.4, -0.2) is 44.6 Å². The molecule has 1 aromatic rings. The smallest absolute Gasteiger partial charge is 0.138 e. The Kier molecular flexibility index (Phi) is 8.18. The minimum Gasteiger partial charge on any atom is -0.489 e. The summed E-state index contributed by atoms with van der Waals surface area (Å²) in [5.74, 6) is 0.789. The maximum absolute atomic E-state index is 5.68. The molecule has 114 valence electrons. The molecule has 0 aliphatic heterocycles. The molecule has 0 aliphatic carbocycles. The summed E-state index contributed by atoms with van der Waals surface area (Å²) in [6.45, 7) is 8.73. The molecule has 5 nitrogen and oxygen atoms in total. The Morgan fingerprint density at radius 3 is 2.70 bits per heavy atom. The molecule has 0 fully saturated rings. The molecular formula is C15H26N2O3. The zero-order valence-electron chi connectivity index (χ0n) is 12.9. The van der Waals surface area contributed by atoms with Gasteiger partial charge in [0.05, 0.1) is 38.2 Å². The number of methoxy groups -OCH3 is 1. The summed E-state index contributed by atoms with van der Waals surface area (Å²) in [4.78, 5) is 4.24. The van der Waals surface area contributed by atoms with Crippen LogP contribution in [0.5, 0.6) is 5.75 Å². The zero-order valence-corrected chi connectivity index (χ0v) is 12.9. The van der Waals surface area contributed by atoms with Crippen molar-refractivity contribution in [2.24, 2.45) is 0 Å². The number of rotatable bonds is 10. The highest BCUT2D eigenvalue weighted by atomic mass is 16.5. The predicted octanol–water partition coefficient (Wildman–Crippen LogP) is 2.18. The van der Waals surface area contributed by atoms with Crippen LogP contribution < -0.4 is 10.1 Å². The second kappa shape index (κ2) is 9.69. The number of nitrogens with zero attached hydrogens (tertiary/aromatic N) is 1. The zero-order chi connectivity index (χ0) is 14.8. The first-order chi connectivity index (χ1) is 9.67. The molecule has 0 spiro atoms. The van der Waals surface area contributed by atoms with E-state index in [1.165, 1.54) is 0 Å². The van der Waals surface area contributed by atoms with E-state index >= 15 is 0 Å². The molecule has 0 radical (unpaired) electrons. The fourth-order valence-electron chi connectivity index (χ4n) is 1.83. The van der Waals surface area contributed by atoms with E-state index in [1.807, 2.05) is 26.1 Å². The first kappa shape index (κ1) is 16.9. The molecule has 1 aromatic heterocycles. The number of likely N-dealkylation sites (N-methyl/N-ethyl adjacent to an activating group) is 1. The molecule has 0 saturated heterocycles. The molecule has 1 unspecified atom stereocenters. The maximum atomic E-state index is 5.68. The SMILES string of the molecule is CCNC(COCCOC)c1cncc(OC(C)C)c1. The fourth-order valence-corrected chi connectivity index (χ4v) is 1.83. The topological polar surface area (TPSA) is 52.6 Å². The van der Waals surface area contributed by atoms with Gasteiger partial charge in [-0.15, -0.1) is 0 Å². The number of aromatic nitrogens is 1. The highest BCUT2D eigenvalue weighted by Gasteiger charge is 2.12. The lowest BCUT2D eigenvalue weighted by molar-refractivity contribution is 0.0587. The van der Waals surface area contributed by atoms with Crippen LogP contribution in [0.1, 0.15) is 32.4 Å². The fraction of sp³-hybridized carbons (Fsp3) is 0.667. The van der Waals surface area contributed by atoms with E-state index in [9.17, 15) is 0 Å². The Morgan fingerprint density at radius 1 is 1.25 bits per heavy atom. The first-order valence-electron chi connectivity index (χ1n) is 7.09. The van der Waals surface area contributed by atoms with Gasteiger partial charge in [0.2, 0.25) is 0 Å². The first-order valence-corrected chi connectivity index (χ1v) is 7.09. The minimum absolute atomic E-state index is 0.111. The number of hydrogen-bond donors (Lipinski definition) is 1. The van der Waals surface area contributed by atoms with Gasteiger partial charge in [-0.2, -0.15) is 0 Å². The molecule has 0 bridgehead atoms. The van der Waals surface area contributed by atoms with Crippen LogP contribution in [0.4, 0.5) is 0 Å². The number of pyridine rings is 1. The molecule has 1 rings (SSSR count). The molecule has 0 aliphatic rings. The Labute approximate surface area is 121 Å². The summed E-state index contributed by atoms with van der Waals surface area (Å²) in [6.07, 6.45) is 3.72. The van der Waals surface area contributed by atoms with Crippen LogP contribution >= 0.6 is 0 Å². The van der Waals surface area contributed by atoms with Gasteiger partial charge in [-0.1, -0.05) is 6.92 Å². The number of ether oxygens (including phenoxy) is 3. The van der Waals surface area contributed by atoms with Gasteiger partial charge in [0.15, 0.2) is 0 Å². The Hall–Kier alpha value is -1.17.